The fraction of sp³-hybridized carbons (Fsp3) is 0.417. The Bertz CT molecular complexity index is 972. The van der Waals surface area contributed by atoms with Crippen LogP contribution in [-0.4, -0.2) is 51.1 Å². The molecule has 7 nitrogen and oxygen atoms in total. The molecule has 164 valence electrons. The number of anilines is 1. The monoisotopic (exact) mass is 422 g/mol. The lowest BCUT2D eigenvalue weighted by Crippen LogP contribution is -2.43. The molecule has 0 radical (unpaired) electrons. The summed E-state index contributed by atoms with van der Waals surface area (Å²) in [5.41, 5.74) is 4.65. The van der Waals surface area contributed by atoms with Gasteiger partial charge in [-0.2, -0.15) is 0 Å². The molecule has 4 rings (SSSR count). The minimum Gasteiger partial charge on any atom is -0.493 e. The lowest BCUT2D eigenvalue weighted by atomic mass is 9.99. The van der Waals surface area contributed by atoms with E-state index in [0.717, 1.165) is 61.2 Å². The predicted octanol–water partition coefficient (Wildman–Crippen LogP) is 2.96. The van der Waals surface area contributed by atoms with Crippen LogP contribution in [0.1, 0.15) is 29.5 Å². The van der Waals surface area contributed by atoms with E-state index in [4.69, 9.17) is 9.47 Å². The summed E-state index contributed by atoms with van der Waals surface area (Å²) in [5, 5.41) is 3.47. The largest absolute Gasteiger partial charge is 0.493 e. The number of nitrogens with zero attached hydrogens (tertiary/aromatic N) is 3. The van der Waals surface area contributed by atoms with Gasteiger partial charge in [0.1, 0.15) is 0 Å². The molecule has 2 aromatic rings. The second kappa shape index (κ2) is 9.29. The van der Waals surface area contributed by atoms with Gasteiger partial charge in [-0.1, -0.05) is 12.1 Å². The Balaban J connectivity index is 1.39. The number of fused-ring (bicyclic) bond motifs is 1. The van der Waals surface area contributed by atoms with Gasteiger partial charge in [0.15, 0.2) is 17.5 Å². The Hall–Kier alpha value is -3.22. The zero-order chi connectivity index (χ0) is 21.8. The Labute approximate surface area is 183 Å². The lowest BCUT2D eigenvalue weighted by molar-refractivity contribution is -0.117. The number of carbonyl (C=O) groups excluding carboxylic acids is 1. The third kappa shape index (κ3) is 4.45. The number of hydrogen-bond donors (Lipinski definition) is 1. The molecule has 7 heteroatoms. The maximum absolute atomic E-state index is 11.9. The number of amides is 1. The number of methoxy groups -OCH3 is 2. The molecule has 0 aromatic heterocycles. The van der Waals surface area contributed by atoms with E-state index in [1.165, 1.54) is 11.1 Å². The fourth-order valence-corrected chi connectivity index (χ4v) is 4.29. The second-order valence-electron chi connectivity index (χ2n) is 7.86. The van der Waals surface area contributed by atoms with Crippen molar-refractivity contribution in [2.75, 3.05) is 39.3 Å². The van der Waals surface area contributed by atoms with Crippen LogP contribution >= 0.6 is 0 Å². The molecular weight excluding hydrogens is 392 g/mol. The van der Waals surface area contributed by atoms with E-state index in [-0.39, 0.29) is 5.91 Å². The van der Waals surface area contributed by atoms with Crippen molar-refractivity contribution in [1.29, 1.82) is 0 Å². The van der Waals surface area contributed by atoms with Gasteiger partial charge >= 0.3 is 0 Å². The van der Waals surface area contributed by atoms with Crippen LogP contribution in [0.4, 0.5) is 5.69 Å². The van der Waals surface area contributed by atoms with E-state index >= 15 is 0 Å². The van der Waals surface area contributed by atoms with Crippen LogP contribution in [0.2, 0.25) is 0 Å². The molecule has 0 atom stereocenters. The van der Waals surface area contributed by atoms with Crippen molar-refractivity contribution in [3.8, 4) is 11.5 Å². The van der Waals surface area contributed by atoms with Crippen molar-refractivity contribution >= 4 is 17.6 Å². The van der Waals surface area contributed by atoms with E-state index in [1.807, 2.05) is 24.1 Å². The molecule has 1 saturated heterocycles. The Morgan fingerprint density at radius 1 is 1.03 bits per heavy atom. The first-order valence-electron chi connectivity index (χ1n) is 10.7. The fourth-order valence-electron chi connectivity index (χ4n) is 4.29. The molecule has 0 spiro atoms. The summed E-state index contributed by atoms with van der Waals surface area (Å²) in [6.45, 7) is 3.15. The highest BCUT2D eigenvalue weighted by Gasteiger charge is 2.23. The third-order valence-electron chi connectivity index (χ3n) is 6.00. The topological polar surface area (TPSA) is 66.4 Å². The molecule has 2 aliphatic heterocycles. The molecule has 1 amide bonds. The maximum Gasteiger partial charge on any atom is 0.227 e. The molecule has 1 N–H and O–H groups in total. The average Bonchev–Trinajstić information content (AvgIpc) is 3.24. The second-order valence-corrected chi connectivity index (χ2v) is 7.86. The molecule has 0 bridgehead atoms. The van der Waals surface area contributed by atoms with Gasteiger partial charge in [0.2, 0.25) is 5.91 Å². The van der Waals surface area contributed by atoms with Gasteiger partial charge in [-0.15, -0.1) is 0 Å². The van der Waals surface area contributed by atoms with Crippen LogP contribution in [0.15, 0.2) is 41.4 Å². The predicted molar refractivity (Wildman–Crippen MR) is 122 cm³/mol. The molecule has 2 heterocycles. The van der Waals surface area contributed by atoms with Crippen molar-refractivity contribution in [2.24, 2.45) is 4.99 Å². The number of benzene rings is 2. The zero-order valence-electron chi connectivity index (χ0n) is 18.5. The standard InChI is InChI=1S/C24H30N4O3/c1-25-24(26-15-17-6-8-20(9-7-17)28-11-4-5-23(28)29)27-12-10-18-13-21(30-2)22(31-3)14-19(18)16-27/h6-9,13-14H,4-5,10-12,15-16H2,1-3H3,(H,25,26). The van der Waals surface area contributed by atoms with Gasteiger partial charge in [-0.05, 0) is 53.8 Å². The summed E-state index contributed by atoms with van der Waals surface area (Å²) in [4.78, 5) is 20.5. The number of rotatable bonds is 5. The summed E-state index contributed by atoms with van der Waals surface area (Å²) in [6, 6.07) is 12.3. The van der Waals surface area contributed by atoms with Crippen molar-refractivity contribution in [3.05, 3.63) is 53.1 Å². The SMILES string of the molecule is CN=C(NCc1ccc(N2CCCC2=O)cc1)N1CCc2cc(OC)c(OC)cc2C1. The Kier molecular flexibility index (Phi) is 6.30. The zero-order valence-corrected chi connectivity index (χ0v) is 18.5. The molecule has 2 aromatic carbocycles. The number of guanidine groups is 1. The van der Waals surface area contributed by atoms with Crippen LogP contribution in [0.25, 0.3) is 0 Å². The summed E-state index contributed by atoms with van der Waals surface area (Å²) < 4.78 is 10.9. The van der Waals surface area contributed by atoms with Gasteiger partial charge in [-0.3, -0.25) is 9.79 Å². The van der Waals surface area contributed by atoms with Crippen LogP contribution in [0, 0.1) is 0 Å². The first-order valence-corrected chi connectivity index (χ1v) is 10.7. The van der Waals surface area contributed by atoms with E-state index < -0.39 is 0 Å². The van der Waals surface area contributed by atoms with E-state index in [9.17, 15) is 4.79 Å². The molecular formula is C24H30N4O3. The minimum absolute atomic E-state index is 0.214. The Morgan fingerprint density at radius 2 is 1.74 bits per heavy atom. The van der Waals surface area contributed by atoms with Gasteiger partial charge < -0.3 is 24.6 Å². The smallest absolute Gasteiger partial charge is 0.227 e. The van der Waals surface area contributed by atoms with E-state index in [1.54, 1.807) is 14.2 Å². The summed E-state index contributed by atoms with van der Waals surface area (Å²) in [6.07, 6.45) is 2.52. The summed E-state index contributed by atoms with van der Waals surface area (Å²) in [7, 11) is 5.14. The number of ether oxygens (including phenoxy) is 2. The number of nitrogens with one attached hydrogen (secondary N) is 1. The minimum atomic E-state index is 0.214. The molecule has 0 aliphatic carbocycles. The van der Waals surface area contributed by atoms with Gasteiger partial charge in [-0.25, -0.2) is 0 Å². The van der Waals surface area contributed by atoms with Crippen molar-refractivity contribution in [3.63, 3.8) is 0 Å². The van der Waals surface area contributed by atoms with Gasteiger partial charge in [0.05, 0.1) is 14.2 Å². The van der Waals surface area contributed by atoms with Gasteiger partial charge in [0.25, 0.3) is 0 Å². The van der Waals surface area contributed by atoms with Crippen LogP contribution in [-0.2, 0) is 24.3 Å². The average molecular weight is 423 g/mol. The van der Waals surface area contributed by atoms with Crippen LogP contribution < -0.4 is 19.7 Å². The quantitative estimate of drug-likeness (QED) is 0.593. The summed E-state index contributed by atoms with van der Waals surface area (Å²) in [5.74, 6) is 2.61. The highest BCUT2D eigenvalue weighted by molar-refractivity contribution is 5.95. The number of carbonyl (C=O) groups is 1. The van der Waals surface area contributed by atoms with Crippen molar-refractivity contribution < 1.29 is 14.3 Å². The first kappa shape index (κ1) is 21.0. The molecule has 2 aliphatic rings. The molecule has 1 fully saturated rings. The first-order chi connectivity index (χ1) is 15.1. The highest BCUT2D eigenvalue weighted by Crippen LogP contribution is 2.33. The van der Waals surface area contributed by atoms with Gasteiger partial charge in [0, 0.05) is 45.3 Å². The van der Waals surface area contributed by atoms with Crippen molar-refractivity contribution in [1.82, 2.24) is 10.2 Å². The highest BCUT2D eigenvalue weighted by atomic mass is 16.5. The lowest BCUT2D eigenvalue weighted by Gasteiger charge is -2.32. The maximum atomic E-state index is 11.9. The summed E-state index contributed by atoms with van der Waals surface area (Å²) >= 11 is 0. The molecule has 0 saturated carbocycles. The Morgan fingerprint density at radius 3 is 2.35 bits per heavy atom. The third-order valence-corrected chi connectivity index (χ3v) is 6.00. The van der Waals surface area contributed by atoms with Crippen LogP contribution in [0.5, 0.6) is 11.5 Å². The van der Waals surface area contributed by atoms with E-state index in [2.05, 4.69) is 39.5 Å². The molecule has 0 unspecified atom stereocenters. The molecule has 31 heavy (non-hydrogen) atoms. The normalized spacial score (nSPS) is 16.4. The number of aliphatic imine (C=N–C) groups is 1. The van der Waals surface area contributed by atoms with Crippen LogP contribution in [0.3, 0.4) is 0 Å². The number of hydrogen-bond acceptors (Lipinski definition) is 4. The van der Waals surface area contributed by atoms with Crippen molar-refractivity contribution in [2.45, 2.75) is 32.4 Å². The van der Waals surface area contributed by atoms with E-state index in [0.29, 0.717) is 13.0 Å².